The van der Waals surface area contributed by atoms with Crippen LogP contribution in [0.4, 0.5) is 5.69 Å². The summed E-state index contributed by atoms with van der Waals surface area (Å²) >= 11 is 0. The summed E-state index contributed by atoms with van der Waals surface area (Å²) in [5.74, 6) is -0.429. The minimum absolute atomic E-state index is 0.0520. The third kappa shape index (κ3) is 4.25. The van der Waals surface area contributed by atoms with Crippen molar-refractivity contribution in [2.75, 3.05) is 18.7 Å². The molecule has 4 rings (SSSR count). The second kappa shape index (κ2) is 8.24. The van der Waals surface area contributed by atoms with E-state index >= 15 is 0 Å². The molecule has 152 valence electrons. The molecule has 0 atom stereocenters. The zero-order valence-corrected chi connectivity index (χ0v) is 16.3. The molecule has 30 heavy (non-hydrogen) atoms. The molecule has 1 N–H and O–H groups in total. The Hall–Kier alpha value is -3.87. The Morgan fingerprint density at radius 3 is 2.47 bits per heavy atom. The molecule has 0 unspecified atom stereocenters. The Balaban J connectivity index is 1.36. The van der Waals surface area contributed by atoms with Crippen molar-refractivity contribution < 1.29 is 28.6 Å². The molecule has 1 aliphatic rings. The summed E-state index contributed by atoms with van der Waals surface area (Å²) in [6, 6.07) is 16.6. The fraction of sp³-hybridized carbons (Fsp3) is 0.174. The van der Waals surface area contributed by atoms with Crippen molar-refractivity contribution in [1.82, 2.24) is 0 Å². The average Bonchev–Trinajstić information content (AvgIpc) is 3.19. The molecule has 0 aliphatic carbocycles. The number of ketones is 1. The van der Waals surface area contributed by atoms with E-state index in [2.05, 4.69) is 5.32 Å². The van der Waals surface area contributed by atoms with Crippen molar-refractivity contribution in [3.05, 3.63) is 65.7 Å². The Bertz CT molecular complexity index is 1150. The van der Waals surface area contributed by atoms with Crippen LogP contribution in [0.25, 0.3) is 10.8 Å². The zero-order valence-electron chi connectivity index (χ0n) is 16.3. The number of ether oxygens (including phenoxy) is 3. The number of hydrogen-bond acceptors (Lipinski definition) is 6. The minimum atomic E-state index is -0.553. The topological polar surface area (TPSA) is 90.9 Å². The number of anilines is 1. The fourth-order valence-corrected chi connectivity index (χ4v) is 3.24. The summed E-state index contributed by atoms with van der Waals surface area (Å²) < 4.78 is 15.6. The number of nitrogens with one attached hydrogen (secondary N) is 1. The van der Waals surface area contributed by atoms with E-state index < -0.39 is 18.5 Å². The average molecular weight is 405 g/mol. The molecule has 0 aromatic heterocycles. The first-order chi connectivity index (χ1) is 14.5. The summed E-state index contributed by atoms with van der Waals surface area (Å²) in [5.41, 5.74) is 1.37. The molecule has 0 saturated heterocycles. The quantitative estimate of drug-likeness (QED) is 0.499. The Morgan fingerprint density at radius 2 is 1.70 bits per heavy atom. The lowest BCUT2D eigenvalue weighted by Gasteiger charge is -2.11. The highest BCUT2D eigenvalue weighted by Crippen LogP contribution is 2.37. The molecule has 0 saturated carbocycles. The number of rotatable bonds is 6. The summed E-state index contributed by atoms with van der Waals surface area (Å²) in [7, 11) is 0. The molecule has 1 aliphatic heterocycles. The van der Waals surface area contributed by atoms with Crippen LogP contribution in [0.3, 0.4) is 0 Å². The van der Waals surface area contributed by atoms with Crippen molar-refractivity contribution >= 4 is 34.1 Å². The van der Waals surface area contributed by atoms with Gasteiger partial charge >= 0.3 is 5.97 Å². The predicted octanol–water partition coefficient (Wildman–Crippen LogP) is 3.50. The van der Waals surface area contributed by atoms with Crippen LogP contribution in [0.2, 0.25) is 0 Å². The molecule has 1 amide bonds. The van der Waals surface area contributed by atoms with Crippen molar-refractivity contribution in [3.8, 4) is 11.5 Å². The number of amides is 1. The van der Waals surface area contributed by atoms with Crippen LogP contribution in [0.5, 0.6) is 11.5 Å². The molecule has 0 spiro atoms. The van der Waals surface area contributed by atoms with Gasteiger partial charge in [0.15, 0.2) is 23.9 Å². The summed E-state index contributed by atoms with van der Waals surface area (Å²) in [6.07, 6.45) is 0.0564. The standard InChI is InChI=1S/C23H19NO6/c1-14(25)18-10-20-21(30-13-29-20)11-19(18)24-22(26)12-28-23(27)9-15-6-7-16-4-2-3-5-17(16)8-15/h2-8,10-11H,9,12-13H2,1H3,(H,24,26). The van der Waals surface area contributed by atoms with Gasteiger partial charge in [0.1, 0.15) is 0 Å². The van der Waals surface area contributed by atoms with Gasteiger partial charge in [0, 0.05) is 11.6 Å². The van der Waals surface area contributed by atoms with E-state index in [1.165, 1.54) is 19.1 Å². The number of hydrogen-bond donors (Lipinski definition) is 1. The lowest BCUT2D eigenvalue weighted by atomic mass is 10.1. The van der Waals surface area contributed by atoms with Crippen molar-refractivity contribution in [2.45, 2.75) is 13.3 Å². The largest absolute Gasteiger partial charge is 0.455 e. The molecule has 7 nitrogen and oxygen atoms in total. The number of carbonyl (C=O) groups is 3. The molecule has 0 fully saturated rings. The van der Waals surface area contributed by atoms with E-state index in [1.807, 2.05) is 42.5 Å². The van der Waals surface area contributed by atoms with Gasteiger partial charge in [0.25, 0.3) is 5.91 Å². The molecule has 1 heterocycles. The molecule has 0 bridgehead atoms. The third-order valence-corrected chi connectivity index (χ3v) is 4.69. The lowest BCUT2D eigenvalue weighted by Crippen LogP contribution is -2.22. The summed E-state index contributed by atoms with van der Waals surface area (Å²) in [6.45, 7) is 0.978. The number of esters is 1. The molecule has 0 radical (unpaired) electrons. The van der Waals surface area contributed by atoms with Crippen LogP contribution < -0.4 is 14.8 Å². The van der Waals surface area contributed by atoms with E-state index in [9.17, 15) is 14.4 Å². The van der Waals surface area contributed by atoms with Gasteiger partial charge in [-0.25, -0.2) is 0 Å². The zero-order chi connectivity index (χ0) is 21.1. The van der Waals surface area contributed by atoms with Crippen molar-refractivity contribution in [1.29, 1.82) is 0 Å². The normalized spacial score (nSPS) is 11.9. The third-order valence-electron chi connectivity index (χ3n) is 4.69. The Morgan fingerprint density at radius 1 is 0.967 bits per heavy atom. The predicted molar refractivity (Wildman–Crippen MR) is 110 cm³/mol. The van der Waals surface area contributed by atoms with Crippen LogP contribution in [0, 0.1) is 0 Å². The van der Waals surface area contributed by atoms with Gasteiger partial charge in [-0.3, -0.25) is 14.4 Å². The monoisotopic (exact) mass is 405 g/mol. The lowest BCUT2D eigenvalue weighted by molar-refractivity contribution is -0.146. The van der Waals surface area contributed by atoms with Crippen LogP contribution in [-0.2, 0) is 20.7 Å². The van der Waals surface area contributed by atoms with Gasteiger partial charge in [-0.1, -0.05) is 42.5 Å². The first-order valence-electron chi connectivity index (χ1n) is 9.37. The van der Waals surface area contributed by atoms with Gasteiger partial charge < -0.3 is 19.5 Å². The maximum atomic E-state index is 12.2. The van der Waals surface area contributed by atoms with Crippen LogP contribution in [0.1, 0.15) is 22.8 Å². The first kappa shape index (κ1) is 19.4. The summed E-state index contributed by atoms with van der Waals surface area (Å²) in [4.78, 5) is 36.3. The highest BCUT2D eigenvalue weighted by Gasteiger charge is 2.20. The SMILES string of the molecule is CC(=O)c1cc2c(cc1NC(=O)COC(=O)Cc1ccc3ccccc3c1)OCO2. The molecule has 7 heteroatoms. The number of benzene rings is 3. The molecule has 3 aromatic carbocycles. The molecule has 3 aromatic rings. The fourth-order valence-electron chi connectivity index (χ4n) is 3.24. The van der Waals surface area contributed by atoms with Crippen LogP contribution in [0.15, 0.2) is 54.6 Å². The number of carbonyl (C=O) groups excluding carboxylic acids is 3. The Labute approximate surface area is 172 Å². The van der Waals surface area contributed by atoms with E-state index in [1.54, 1.807) is 0 Å². The van der Waals surface area contributed by atoms with Gasteiger partial charge in [0.2, 0.25) is 6.79 Å². The van der Waals surface area contributed by atoms with Gasteiger partial charge in [-0.15, -0.1) is 0 Å². The molecular formula is C23H19NO6. The highest BCUT2D eigenvalue weighted by molar-refractivity contribution is 6.05. The number of fused-ring (bicyclic) bond motifs is 2. The van der Waals surface area contributed by atoms with E-state index in [0.717, 1.165) is 16.3 Å². The summed E-state index contributed by atoms with van der Waals surface area (Å²) in [5, 5.41) is 4.70. The van der Waals surface area contributed by atoms with E-state index in [-0.39, 0.29) is 30.2 Å². The maximum Gasteiger partial charge on any atom is 0.310 e. The maximum absolute atomic E-state index is 12.2. The highest BCUT2D eigenvalue weighted by atomic mass is 16.7. The van der Waals surface area contributed by atoms with Gasteiger partial charge in [0.05, 0.1) is 12.1 Å². The second-order valence-electron chi connectivity index (χ2n) is 6.87. The van der Waals surface area contributed by atoms with Crippen LogP contribution in [-0.4, -0.2) is 31.1 Å². The molecular weight excluding hydrogens is 386 g/mol. The van der Waals surface area contributed by atoms with Crippen LogP contribution >= 0.6 is 0 Å². The minimum Gasteiger partial charge on any atom is -0.455 e. The van der Waals surface area contributed by atoms with Crippen molar-refractivity contribution in [3.63, 3.8) is 0 Å². The Kier molecular flexibility index (Phi) is 5.34. The van der Waals surface area contributed by atoms with E-state index in [0.29, 0.717) is 11.5 Å². The van der Waals surface area contributed by atoms with Crippen molar-refractivity contribution in [2.24, 2.45) is 0 Å². The van der Waals surface area contributed by atoms with Gasteiger partial charge in [-0.05, 0) is 29.3 Å². The smallest absolute Gasteiger partial charge is 0.310 e. The first-order valence-corrected chi connectivity index (χ1v) is 9.37. The van der Waals surface area contributed by atoms with Gasteiger partial charge in [-0.2, -0.15) is 0 Å². The number of Topliss-reactive ketones (excluding diaryl/α,β-unsaturated/α-hetero) is 1. The second-order valence-corrected chi connectivity index (χ2v) is 6.87. The van der Waals surface area contributed by atoms with E-state index in [4.69, 9.17) is 14.2 Å².